The second-order valence-corrected chi connectivity index (χ2v) is 28.4. The number of hydrogen-bond acceptors (Lipinski definition) is 15. The fourth-order valence-corrected chi connectivity index (χ4v) is 11.3. The first-order chi connectivity index (χ1) is 51.7. The van der Waals surface area contributed by atoms with Gasteiger partial charge >= 0.3 is 39.5 Å². The van der Waals surface area contributed by atoms with Gasteiger partial charge in [0.2, 0.25) is 0 Å². The molecule has 0 fully saturated rings. The number of phosphoric acid groups is 2. The normalized spacial score (nSPS) is 14.9. The van der Waals surface area contributed by atoms with E-state index in [1.807, 2.05) is 18.2 Å². The molecule has 0 heterocycles. The van der Waals surface area contributed by atoms with Crippen LogP contribution in [0.25, 0.3) is 0 Å². The standard InChI is InChI=1S/C87H138O17P2/c1-5-9-13-17-21-25-29-33-37-39-40-42-46-48-52-56-60-64-68-72-85(90)98-78-83(104-87(92)74-70-66-62-58-54-50-44-36-32-28-24-20-16-12-8-4)80-102-106(95,96)100-76-81(88)75-99-105(93,94)101-79-82(103-86(91)73-69-65-61-57-53-49-43-35-31-27-23-19-15-11-7-3)77-97-84(89)71-67-63-59-55-51-47-45-41-38-34-30-26-22-18-14-10-6-2/h9-16,21-28,33-38,40,42-45,47-48,52,60,64,81-83,88H,5-8,17-20,29-32,39,41,46,49-51,53-59,61-63,65-80H2,1-4H3,(H,93,94)(H,95,96)/b13-9-,14-10-,15-11-,16-12-,25-21-,26-22-,27-23-,28-24-,37-33-,38-34-,42-40-,43-35-,44-36-,47-45-,52-48-,64-60-. The van der Waals surface area contributed by atoms with Crippen LogP contribution in [0.3, 0.4) is 0 Å². The van der Waals surface area contributed by atoms with Crippen molar-refractivity contribution in [2.24, 2.45) is 0 Å². The van der Waals surface area contributed by atoms with Crippen molar-refractivity contribution in [1.82, 2.24) is 0 Å². The molecule has 598 valence electrons. The number of phosphoric ester groups is 2. The third-order valence-electron chi connectivity index (χ3n) is 15.6. The summed E-state index contributed by atoms with van der Waals surface area (Å²) in [5, 5.41) is 10.6. The van der Waals surface area contributed by atoms with E-state index in [0.29, 0.717) is 32.1 Å². The molecule has 0 saturated carbocycles. The Bertz CT molecular complexity index is 2780. The van der Waals surface area contributed by atoms with E-state index in [0.717, 1.165) is 186 Å². The van der Waals surface area contributed by atoms with Crippen LogP contribution in [0.15, 0.2) is 194 Å². The second kappa shape index (κ2) is 77.1. The zero-order chi connectivity index (χ0) is 77.4. The minimum atomic E-state index is -5.01. The van der Waals surface area contributed by atoms with Gasteiger partial charge in [-0.3, -0.25) is 37.3 Å². The molecule has 0 aromatic rings. The summed E-state index contributed by atoms with van der Waals surface area (Å²) in [5.41, 5.74) is 0. The Kier molecular flexibility index (Phi) is 72.6. The van der Waals surface area contributed by atoms with Crippen molar-refractivity contribution in [2.75, 3.05) is 39.6 Å². The molecule has 0 rings (SSSR count). The molecule has 0 aliphatic heterocycles. The fraction of sp³-hybridized carbons (Fsp3) is 0.586. The number of ether oxygens (including phenoxy) is 4. The Morgan fingerprint density at radius 1 is 0.264 bits per heavy atom. The monoisotopic (exact) mass is 1520 g/mol. The average Bonchev–Trinajstić information content (AvgIpc) is 0.909. The molecule has 5 atom stereocenters. The lowest BCUT2D eigenvalue weighted by atomic mass is 10.1. The van der Waals surface area contributed by atoms with Gasteiger partial charge in [0, 0.05) is 25.7 Å². The maximum Gasteiger partial charge on any atom is 0.472 e. The zero-order valence-corrected chi connectivity index (χ0v) is 67.1. The molecule has 19 heteroatoms. The molecular formula is C87H138O17P2. The van der Waals surface area contributed by atoms with E-state index in [1.54, 1.807) is 0 Å². The highest BCUT2D eigenvalue weighted by atomic mass is 31.2. The third-order valence-corrected chi connectivity index (χ3v) is 17.5. The number of carbonyl (C=O) groups is 4. The first kappa shape index (κ1) is 99.9. The van der Waals surface area contributed by atoms with Gasteiger partial charge in [0.25, 0.3) is 0 Å². The van der Waals surface area contributed by atoms with Crippen LogP contribution >= 0.6 is 15.6 Å². The van der Waals surface area contributed by atoms with E-state index < -0.39 is 97.5 Å². The predicted octanol–water partition coefficient (Wildman–Crippen LogP) is 23.3. The van der Waals surface area contributed by atoms with Crippen molar-refractivity contribution >= 4 is 39.5 Å². The molecule has 0 aromatic heterocycles. The lowest BCUT2D eigenvalue weighted by molar-refractivity contribution is -0.161. The molecule has 3 N–H and O–H groups in total. The number of carbonyl (C=O) groups excluding carboxylic acids is 4. The number of aliphatic hydroxyl groups is 1. The Morgan fingerprint density at radius 2 is 0.481 bits per heavy atom. The van der Waals surface area contributed by atoms with Crippen molar-refractivity contribution in [3.05, 3.63) is 194 Å². The first-order valence-electron chi connectivity index (χ1n) is 39.7. The van der Waals surface area contributed by atoms with Gasteiger partial charge < -0.3 is 33.8 Å². The highest BCUT2D eigenvalue weighted by molar-refractivity contribution is 7.47. The average molecular weight is 1520 g/mol. The highest BCUT2D eigenvalue weighted by Gasteiger charge is 2.30. The van der Waals surface area contributed by atoms with Crippen LogP contribution in [-0.4, -0.2) is 96.7 Å². The molecule has 0 spiro atoms. The summed E-state index contributed by atoms with van der Waals surface area (Å²) < 4.78 is 68.5. The van der Waals surface area contributed by atoms with Gasteiger partial charge in [-0.05, 0) is 167 Å². The predicted molar refractivity (Wildman–Crippen MR) is 436 cm³/mol. The second-order valence-electron chi connectivity index (χ2n) is 25.5. The molecule has 0 saturated heterocycles. The maximum absolute atomic E-state index is 13.1. The van der Waals surface area contributed by atoms with Crippen LogP contribution in [0, 0.1) is 0 Å². The molecule has 0 aromatic carbocycles. The Hall–Kier alpha value is -6.10. The zero-order valence-electron chi connectivity index (χ0n) is 65.3. The molecular weight excluding hydrogens is 1380 g/mol. The van der Waals surface area contributed by atoms with Crippen LogP contribution in [0.4, 0.5) is 0 Å². The lowest BCUT2D eigenvalue weighted by Gasteiger charge is -2.21. The summed E-state index contributed by atoms with van der Waals surface area (Å²) in [6, 6.07) is 0. The van der Waals surface area contributed by atoms with E-state index in [9.17, 15) is 43.2 Å². The quantitative estimate of drug-likeness (QED) is 0.0169. The molecule has 0 radical (unpaired) electrons. The van der Waals surface area contributed by atoms with Crippen LogP contribution < -0.4 is 0 Å². The van der Waals surface area contributed by atoms with Crippen LogP contribution in [0.5, 0.6) is 0 Å². The van der Waals surface area contributed by atoms with Gasteiger partial charge in [0.15, 0.2) is 12.2 Å². The minimum absolute atomic E-state index is 0.0240. The van der Waals surface area contributed by atoms with Crippen LogP contribution in [0.1, 0.15) is 272 Å². The summed E-state index contributed by atoms with van der Waals surface area (Å²) in [5.74, 6) is -2.36. The number of hydrogen-bond donors (Lipinski definition) is 3. The van der Waals surface area contributed by atoms with E-state index in [4.69, 9.17) is 37.0 Å². The third kappa shape index (κ3) is 76.1. The minimum Gasteiger partial charge on any atom is -0.462 e. The lowest BCUT2D eigenvalue weighted by Crippen LogP contribution is -2.30. The molecule has 0 aliphatic carbocycles. The van der Waals surface area contributed by atoms with Crippen molar-refractivity contribution in [3.63, 3.8) is 0 Å². The van der Waals surface area contributed by atoms with Gasteiger partial charge in [-0.15, -0.1) is 0 Å². The first-order valence-corrected chi connectivity index (χ1v) is 42.7. The van der Waals surface area contributed by atoms with Gasteiger partial charge in [-0.1, -0.05) is 273 Å². The fourth-order valence-electron chi connectivity index (χ4n) is 9.68. The number of allylic oxidation sites excluding steroid dienone is 32. The van der Waals surface area contributed by atoms with Crippen molar-refractivity contribution in [1.29, 1.82) is 0 Å². The highest BCUT2D eigenvalue weighted by Crippen LogP contribution is 2.45. The maximum atomic E-state index is 13.1. The molecule has 106 heavy (non-hydrogen) atoms. The summed E-state index contributed by atoms with van der Waals surface area (Å²) in [4.78, 5) is 73.0. The molecule has 5 unspecified atom stereocenters. The van der Waals surface area contributed by atoms with Gasteiger partial charge in [-0.2, -0.15) is 0 Å². The summed E-state index contributed by atoms with van der Waals surface area (Å²) in [6.45, 7) is 4.24. The Morgan fingerprint density at radius 3 is 0.764 bits per heavy atom. The van der Waals surface area contributed by atoms with E-state index >= 15 is 0 Å². The van der Waals surface area contributed by atoms with E-state index in [1.165, 1.54) is 0 Å². The Balaban J connectivity index is 5.50. The summed E-state index contributed by atoms with van der Waals surface area (Å²) in [6.07, 6.45) is 94.2. The van der Waals surface area contributed by atoms with E-state index in [-0.39, 0.29) is 25.7 Å². The molecule has 0 aliphatic rings. The Labute approximate surface area is 640 Å². The number of rotatable bonds is 72. The summed E-state index contributed by atoms with van der Waals surface area (Å²) in [7, 11) is -10.0. The van der Waals surface area contributed by atoms with Crippen molar-refractivity contribution in [2.45, 2.75) is 290 Å². The topological polar surface area (TPSA) is 237 Å². The molecule has 17 nitrogen and oxygen atoms in total. The number of esters is 4. The molecule has 0 amide bonds. The molecule has 0 bridgehead atoms. The van der Waals surface area contributed by atoms with E-state index in [2.05, 4.69) is 204 Å². The van der Waals surface area contributed by atoms with Crippen LogP contribution in [0.2, 0.25) is 0 Å². The van der Waals surface area contributed by atoms with Crippen molar-refractivity contribution < 1.29 is 80.2 Å². The number of unbranched alkanes of at least 4 members (excludes halogenated alkanes) is 14. The SMILES string of the molecule is CC/C=C\C/C=C\C/C=C\C/C=C\C/C=C\C/C=C\CCC(=O)OCC(COP(=O)(O)OCC(O)COP(=O)(O)OCC(COC(=O)CCCCCC/C=C\C/C=C\C/C=C\C/C=C\CC)OC(=O)CCCCCCC/C=C\C/C=C\C/C=C\CC)OC(=O)CCCCCCC/C=C\C/C=C\C/C=C\CC. The smallest absolute Gasteiger partial charge is 0.462 e. The van der Waals surface area contributed by atoms with Gasteiger partial charge in [0.05, 0.1) is 26.4 Å². The van der Waals surface area contributed by atoms with Gasteiger partial charge in [0.1, 0.15) is 19.3 Å². The summed E-state index contributed by atoms with van der Waals surface area (Å²) >= 11 is 0. The number of aliphatic hydroxyl groups excluding tert-OH is 1. The largest absolute Gasteiger partial charge is 0.472 e. The van der Waals surface area contributed by atoms with Gasteiger partial charge in [-0.25, -0.2) is 9.13 Å². The van der Waals surface area contributed by atoms with Crippen LogP contribution in [-0.2, 0) is 65.4 Å². The van der Waals surface area contributed by atoms with Crippen molar-refractivity contribution in [3.8, 4) is 0 Å².